The maximum absolute atomic E-state index is 12.9. The topological polar surface area (TPSA) is 84.9 Å². The first-order chi connectivity index (χ1) is 15.8. The molecule has 33 heavy (non-hydrogen) atoms. The van der Waals surface area contributed by atoms with Gasteiger partial charge in [-0.1, -0.05) is 29.8 Å². The fourth-order valence-electron chi connectivity index (χ4n) is 3.21. The lowest BCUT2D eigenvalue weighted by molar-refractivity contribution is 0.102. The minimum absolute atomic E-state index is 0.0220. The van der Waals surface area contributed by atoms with Gasteiger partial charge in [-0.05, 0) is 55.5 Å². The van der Waals surface area contributed by atoms with Gasteiger partial charge in [-0.2, -0.15) is 4.31 Å². The lowest BCUT2D eigenvalue weighted by atomic mass is 10.1. The highest BCUT2D eigenvalue weighted by Crippen LogP contribution is 2.29. The molecule has 0 bridgehead atoms. The Bertz CT molecular complexity index is 1230. The van der Waals surface area contributed by atoms with Gasteiger partial charge in [0, 0.05) is 29.7 Å². The molecule has 0 spiro atoms. The number of hydrogen-bond donors (Lipinski definition) is 1. The summed E-state index contributed by atoms with van der Waals surface area (Å²) in [7, 11) is -0.734. The molecular weight excluding hydrogens is 464 g/mol. The Morgan fingerprint density at radius 2 is 1.73 bits per heavy atom. The van der Waals surface area contributed by atoms with Crippen LogP contribution in [-0.4, -0.2) is 39.4 Å². The van der Waals surface area contributed by atoms with E-state index in [2.05, 4.69) is 5.32 Å². The van der Waals surface area contributed by atoms with Crippen molar-refractivity contribution in [1.29, 1.82) is 0 Å². The average Bonchev–Trinajstić information content (AvgIpc) is 2.81. The van der Waals surface area contributed by atoms with Crippen molar-refractivity contribution >= 4 is 33.2 Å². The molecule has 0 aliphatic carbocycles. The van der Waals surface area contributed by atoms with Crippen molar-refractivity contribution in [2.75, 3.05) is 26.1 Å². The number of halogens is 1. The van der Waals surface area contributed by atoms with Crippen molar-refractivity contribution < 1.29 is 22.7 Å². The summed E-state index contributed by atoms with van der Waals surface area (Å²) in [6, 6.07) is 18.0. The van der Waals surface area contributed by atoms with Crippen LogP contribution in [0.5, 0.6) is 11.5 Å². The standard InChI is InChI=1S/C24H25ClN2O5S/c1-4-32-22-12-10-17(24(28)26-21-15-19(25)11-13-23(21)31-3)14-18(22)16-27(2)33(29,30)20-8-6-5-7-9-20/h5-15H,4,16H2,1-3H3,(H,26,28). The average molecular weight is 489 g/mol. The van der Waals surface area contributed by atoms with Gasteiger partial charge in [-0.3, -0.25) is 4.79 Å². The number of sulfonamides is 1. The molecule has 0 aliphatic rings. The maximum Gasteiger partial charge on any atom is 0.255 e. The van der Waals surface area contributed by atoms with E-state index in [1.165, 1.54) is 30.6 Å². The summed E-state index contributed by atoms with van der Waals surface area (Å²) in [5.41, 5.74) is 1.32. The predicted molar refractivity (Wildman–Crippen MR) is 129 cm³/mol. The molecule has 3 aromatic carbocycles. The molecule has 0 saturated carbocycles. The Morgan fingerprint density at radius 1 is 1.03 bits per heavy atom. The highest BCUT2D eigenvalue weighted by atomic mass is 35.5. The number of hydrogen-bond acceptors (Lipinski definition) is 5. The summed E-state index contributed by atoms with van der Waals surface area (Å²) in [5, 5.41) is 3.24. The van der Waals surface area contributed by atoms with Crippen LogP contribution >= 0.6 is 11.6 Å². The van der Waals surface area contributed by atoms with Gasteiger partial charge in [0.05, 0.1) is 24.3 Å². The second-order valence-corrected chi connectivity index (χ2v) is 9.61. The number of methoxy groups -OCH3 is 1. The van der Waals surface area contributed by atoms with E-state index < -0.39 is 15.9 Å². The Labute approximate surface area is 198 Å². The molecule has 0 aromatic heterocycles. The van der Waals surface area contributed by atoms with Crippen LogP contribution in [0.3, 0.4) is 0 Å². The highest BCUT2D eigenvalue weighted by Gasteiger charge is 2.22. The van der Waals surface area contributed by atoms with Crippen LogP contribution in [0.25, 0.3) is 0 Å². The molecule has 1 N–H and O–H groups in total. The van der Waals surface area contributed by atoms with E-state index >= 15 is 0 Å². The second kappa shape index (κ2) is 10.7. The molecule has 174 valence electrons. The first kappa shape index (κ1) is 24.6. The Hall–Kier alpha value is -3.07. The van der Waals surface area contributed by atoms with Gasteiger partial charge in [-0.25, -0.2) is 8.42 Å². The van der Waals surface area contributed by atoms with Crippen molar-refractivity contribution in [3.05, 3.63) is 82.9 Å². The van der Waals surface area contributed by atoms with Crippen molar-refractivity contribution in [3.63, 3.8) is 0 Å². The smallest absolute Gasteiger partial charge is 0.255 e. The molecule has 0 radical (unpaired) electrons. The van der Waals surface area contributed by atoms with E-state index in [9.17, 15) is 13.2 Å². The van der Waals surface area contributed by atoms with E-state index in [0.717, 1.165) is 0 Å². The molecule has 3 rings (SSSR count). The zero-order chi connectivity index (χ0) is 24.0. The first-order valence-corrected chi connectivity index (χ1v) is 12.0. The van der Waals surface area contributed by atoms with E-state index in [4.69, 9.17) is 21.1 Å². The zero-order valence-electron chi connectivity index (χ0n) is 18.5. The number of carbonyl (C=O) groups excluding carboxylic acids is 1. The third-order valence-electron chi connectivity index (χ3n) is 4.88. The van der Waals surface area contributed by atoms with Crippen LogP contribution in [0.4, 0.5) is 5.69 Å². The molecule has 1 amide bonds. The largest absolute Gasteiger partial charge is 0.495 e. The molecule has 0 unspecified atom stereocenters. The number of anilines is 1. The number of nitrogens with one attached hydrogen (secondary N) is 1. The number of carbonyl (C=O) groups is 1. The summed E-state index contributed by atoms with van der Waals surface area (Å²) in [6.07, 6.45) is 0. The van der Waals surface area contributed by atoms with Gasteiger partial charge in [0.2, 0.25) is 10.0 Å². The number of nitrogens with zero attached hydrogens (tertiary/aromatic N) is 1. The summed E-state index contributed by atoms with van der Waals surface area (Å²) in [4.78, 5) is 13.1. The van der Waals surface area contributed by atoms with Crippen LogP contribution in [0, 0.1) is 0 Å². The normalized spacial score (nSPS) is 11.3. The molecule has 0 heterocycles. The van der Waals surface area contributed by atoms with E-state index in [-0.39, 0.29) is 11.4 Å². The van der Waals surface area contributed by atoms with Gasteiger partial charge in [0.1, 0.15) is 11.5 Å². The van der Waals surface area contributed by atoms with Crippen LogP contribution < -0.4 is 14.8 Å². The van der Waals surface area contributed by atoms with Gasteiger partial charge >= 0.3 is 0 Å². The molecule has 0 saturated heterocycles. The lowest BCUT2D eigenvalue weighted by Gasteiger charge is -2.20. The van der Waals surface area contributed by atoms with Crippen LogP contribution in [-0.2, 0) is 16.6 Å². The zero-order valence-corrected chi connectivity index (χ0v) is 20.1. The van der Waals surface area contributed by atoms with Crippen molar-refractivity contribution in [3.8, 4) is 11.5 Å². The molecular formula is C24H25ClN2O5S. The minimum Gasteiger partial charge on any atom is -0.495 e. The van der Waals surface area contributed by atoms with Crippen molar-refractivity contribution in [2.24, 2.45) is 0 Å². The van der Waals surface area contributed by atoms with Gasteiger partial charge in [-0.15, -0.1) is 0 Å². The number of amides is 1. The quantitative estimate of drug-likeness (QED) is 0.466. The third kappa shape index (κ3) is 5.84. The van der Waals surface area contributed by atoms with E-state index in [1.807, 2.05) is 6.92 Å². The fraction of sp³-hybridized carbons (Fsp3) is 0.208. The summed E-state index contributed by atoms with van der Waals surface area (Å²) in [5.74, 6) is 0.575. The van der Waals surface area contributed by atoms with Crippen molar-refractivity contribution in [2.45, 2.75) is 18.4 Å². The first-order valence-electron chi connectivity index (χ1n) is 10.2. The lowest BCUT2D eigenvalue weighted by Crippen LogP contribution is -2.27. The summed E-state index contributed by atoms with van der Waals surface area (Å²) in [6.45, 7) is 2.25. The molecule has 0 fully saturated rings. The summed E-state index contributed by atoms with van der Waals surface area (Å²) >= 11 is 6.05. The molecule has 3 aromatic rings. The Balaban J connectivity index is 1.89. The second-order valence-electron chi connectivity index (χ2n) is 7.13. The van der Waals surface area contributed by atoms with Crippen molar-refractivity contribution in [1.82, 2.24) is 4.31 Å². The molecule has 9 heteroatoms. The van der Waals surface area contributed by atoms with Crippen LogP contribution in [0.2, 0.25) is 5.02 Å². The van der Waals surface area contributed by atoms with E-state index in [1.54, 1.807) is 54.6 Å². The third-order valence-corrected chi connectivity index (χ3v) is 6.93. The van der Waals surface area contributed by atoms with Gasteiger partial charge in [0.25, 0.3) is 5.91 Å². The van der Waals surface area contributed by atoms with Gasteiger partial charge in [0.15, 0.2) is 0 Å². The Morgan fingerprint density at radius 3 is 2.39 bits per heavy atom. The number of ether oxygens (including phenoxy) is 2. The monoisotopic (exact) mass is 488 g/mol. The minimum atomic E-state index is -3.72. The van der Waals surface area contributed by atoms with E-state index in [0.29, 0.717) is 39.9 Å². The van der Waals surface area contributed by atoms with Gasteiger partial charge < -0.3 is 14.8 Å². The molecule has 0 atom stereocenters. The number of rotatable bonds is 9. The molecule has 0 aliphatic heterocycles. The van der Waals surface area contributed by atoms with Crippen LogP contribution in [0.1, 0.15) is 22.8 Å². The predicted octanol–water partition coefficient (Wildman–Crippen LogP) is 4.82. The molecule has 7 nitrogen and oxygen atoms in total. The highest BCUT2D eigenvalue weighted by molar-refractivity contribution is 7.89. The number of benzene rings is 3. The fourth-order valence-corrected chi connectivity index (χ4v) is 4.55. The summed E-state index contributed by atoms with van der Waals surface area (Å²) < 4.78 is 38.1. The Kier molecular flexibility index (Phi) is 7.97. The van der Waals surface area contributed by atoms with Crippen LogP contribution in [0.15, 0.2) is 71.6 Å². The maximum atomic E-state index is 12.9. The SMILES string of the molecule is CCOc1ccc(C(=O)Nc2cc(Cl)ccc2OC)cc1CN(C)S(=O)(=O)c1ccccc1.